The van der Waals surface area contributed by atoms with Gasteiger partial charge < -0.3 is 19.9 Å². The molecule has 0 aromatic carbocycles. The predicted octanol–water partition coefficient (Wildman–Crippen LogP) is 0.681. The van der Waals surface area contributed by atoms with Crippen LogP contribution in [0, 0.1) is 5.82 Å². The van der Waals surface area contributed by atoms with Crippen LogP contribution in [0.3, 0.4) is 0 Å². The predicted molar refractivity (Wildman–Crippen MR) is 107 cm³/mol. The minimum atomic E-state index is -0.640. The van der Waals surface area contributed by atoms with Gasteiger partial charge in [0.1, 0.15) is 11.5 Å². The fourth-order valence-electron chi connectivity index (χ4n) is 3.43. The molecular weight excluding hydrogens is 399 g/mol. The average molecular weight is 421 g/mol. The van der Waals surface area contributed by atoms with Crippen LogP contribution in [0.25, 0.3) is 17.5 Å². The molecule has 0 aliphatic carbocycles. The van der Waals surface area contributed by atoms with E-state index in [1.54, 1.807) is 18.0 Å². The normalized spacial score (nSPS) is 20.1. The molecule has 4 heterocycles. The molecular formula is C19H22ClFN6O2. The van der Waals surface area contributed by atoms with E-state index >= 15 is 0 Å². The van der Waals surface area contributed by atoms with Gasteiger partial charge in [-0.3, -0.25) is 9.79 Å². The van der Waals surface area contributed by atoms with Crippen LogP contribution in [0.1, 0.15) is 13.3 Å². The summed E-state index contributed by atoms with van der Waals surface area (Å²) >= 11 is 6.18. The molecule has 8 nitrogen and oxygen atoms in total. The number of anilines is 1. The fourth-order valence-corrected chi connectivity index (χ4v) is 3.62. The second-order valence-electron chi connectivity index (χ2n) is 7.04. The number of H-pyrrole nitrogens is 1. The highest BCUT2D eigenvalue weighted by atomic mass is 35.5. The number of aromatic nitrogens is 3. The molecule has 10 heteroatoms. The molecule has 2 aromatic heterocycles. The van der Waals surface area contributed by atoms with Crippen molar-refractivity contribution in [2.45, 2.75) is 24.8 Å². The van der Waals surface area contributed by atoms with Gasteiger partial charge >= 0.3 is 0 Å². The molecule has 1 amide bonds. The standard InChI is InChI=1S/C19H22ClFN6O2/c1-11(19(28)27-3-2-5-29-6-4-27)25-18-15(21)10-24-17(26-18)14-9-23-16-13(14)7-12(20)8-22-16/h7,9-12H,2-6,8H2,1H3,(H,22,23)(H,24,25,26)/t11-,12?/m1/s1. The van der Waals surface area contributed by atoms with Gasteiger partial charge in [0.15, 0.2) is 17.5 Å². The van der Waals surface area contributed by atoms with E-state index < -0.39 is 11.9 Å². The Labute approximate surface area is 171 Å². The van der Waals surface area contributed by atoms with Crippen LogP contribution < -0.4 is 16.0 Å². The van der Waals surface area contributed by atoms with Crippen LogP contribution in [0.2, 0.25) is 0 Å². The van der Waals surface area contributed by atoms with Crippen molar-refractivity contribution in [2.75, 3.05) is 38.2 Å². The maximum atomic E-state index is 14.4. The first-order valence-corrected chi connectivity index (χ1v) is 10.0. The minimum Gasteiger partial charge on any atom is -0.380 e. The highest BCUT2D eigenvalue weighted by molar-refractivity contribution is 6.24. The summed E-state index contributed by atoms with van der Waals surface area (Å²) in [5, 5.41) is 3.47. The van der Waals surface area contributed by atoms with Gasteiger partial charge in [-0.1, -0.05) is 6.08 Å². The molecule has 0 bridgehead atoms. The summed E-state index contributed by atoms with van der Waals surface area (Å²) in [6.45, 7) is 4.48. The number of alkyl halides is 1. The number of hydrogen-bond acceptors (Lipinski definition) is 6. The second-order valence-corrected chi connectivity index (χ2v) is 7.60. The molecule has 0 saturated carbocycles. The van der Waals surface area contributed by atoms with Crippen LogP contribution in [0.4, 0.5) is 10.2 Å². The molecule has 4 rings (SSSR count). The Morgan fingerprint density at radius 1 is 1.45 bits per heavy atom. The maximum absolute atomic E-state index is 14.4. The Kier molecular flexibility index (Phi) is 5.77. The zero-order chi connectivity index (χ0) is 20.4. The summed E-state index contributed by atoms with van der Waals surface area (Å²) < 4.78 is 19.7. The van der Waals surface area contributed by atoms with Crippen molar-refractivity contribution in [1.29, 1.82) is 0 Å². The van der Waals surface area contributed by atoms with E-state index in [2.05, 4.69) is 25.3 Å². The molecule has 1 unspecified atom stereocenters. The number of carbonyl (C=O) groups is 1. The first kappa shape index (κ1) is 19.8. The topological polar surface area (TPSA) is 95.5 Å². The van der Waals surface area contributed by atoms with E-state index in [0.29, 0.717) is 49.7 Å². The monoisotopic (exact) mass is 420 g/mol. The Balaban J connectivity index is 1.57. The Morgan fingerprint density at radius 3 is 3.17 bits per heavy atom. The van der Waals surface area contributed by atoms with Crippen molar-refractivity contribution in [2.24, 2.45) is 4.99 Å². The number of nitrogens with zero attached hydrogens (tertiary/aromatic N) is 4. The van der Waals surface area contributed by atoms with E-state index in [1.807, 2.05) is 6.08 Å². The lowest BCUT2D eigenvalue weighted by atomic mass is 10.2. The Morgan fingerprint density at radius 2 is 2.31 bits per heavy atom. The molecule has 2 atom stereocenters. The van der Waals surface area contributed by atoms with E-state index in [4.69, 9.17) is 16.3 Å². The lowest BCUT2D eigenvalue weighted by Crippen LogP contribution is -2.42. The molecule has 1 saturated heterocycles. The van der Waals surface area contributed by atoms with Gasteiger partial charge in [0.05, 0.1) is 24.7 Å². The number of amides is 1. The highest BCUT2D eigenvalue weighted by Crippen LogP contribution is 2.17. The average Bonchev–Trinajstić information content (AvgIpc) is 2.94. The molecule has 2 aliphatic rings. The molecule has 29 heavy (non-hydrogen) atoms. The van der Waals surface area contributed by atoms with Gasteiger partial charge in [0, 0.05) is 36.7 Å². The molecule has 2 aromatic rings. The first-order valence-electron chi connectivity index (χ1n) is 9.56. The zero-order valence-corrected chi connectivity index (χ0v) is 16.7. The van der Waals surface area contributed by atoms with Gasteiger partial charge in [-0.25, -0.2) is 14.4 Å². The first-order chi connectivity index (χ1) is 14.0. The second kappa shape index (κ2) is 8.46. The third-order valence-electron chi connectivity index (χ3n) is 4.91. The summed E-state index contributed by atoms with van der Waals surface area (Å²) in [6.07, 6.45) is 5.48. The smallest absolute Gasteiger partial charge is 0.244 e. The molecule has 2 N–H and O–H groups in total. The number of carbonyl (C=O) groups excluding carboxylic acids is 1. The number of rotatable bonds is 4. The number of halogens is 2. The van der Waals surface area contributed by atoms with Crippen LogP contribution in [-0.4, -0.2) is 70.0 Å². The van der Waals surface area contributed by atoms with E-state index in [0.717, 1.165) is 17.8 Å². The van der Waals surface area contributed by atoms with Gasteiger partial charge in [-0.2, -0.15) is 0 Å². The van der Waals surface area contributed by atoms with Crippen molar-refractivity contribution in [1.82, 2.24) is 19.9 Å². The largest absolute Gasteiger partial charge is 0.380 e. The van der Waals surface area contributed by atoms with Crippen LogP contribution in [0.15, 0.2) is 17.4 Å². The van der Waals surface area contributed by atoms with Gasteiger partial charge in [0.25, 0.3) is 0 Å². The summed E-state index contributed by atoms with van der Waals surface area (Å²) in [7, 11) is 0. The quantitative estimate of drug-likeness (QED) is 0.709. The van der Waals surface area contributed by atoms with Gasteiger partial charge in [-0.05, 0) is 13.3 Å². The number of hydrogen-bond donors (Lipinski definition) is 2. The SMILES string of the molecule is C[C@@H](Nc1nc(-c2c[nH]c3c2=CC(Cl)CN=3)ncc1F)C(=O)N1CCCOCC1. The number of ether oxygens (including phenoxy) is 1. The summed E-state index contributed by atoms with van der Waals surface area (Å²) in [5.41, 5.74) is 1.38. The fraction of sp³-hybridized carbons (Fsp3) is 0.474. The van der Waals surface area contributed by atoms with Crippen LogP contribution >= 0.6 is 11.6 Å². The summed E-state index contributed by atoms with van der Waals surface area (Å²) in [4.78, 5) is 30.3. The van der Waals surface area contributed by atoms with E-state index in [9.17, 15) is 9.18 Å². The maximum Gasteiger partial charge on any atom is 0.244 e. The molecule has 2 aliphatic heterocycles. The van der Waals surface area contributed by atoms with Crippen LogP contribution in [0.5, 0.6) is 0 Å². The zero-order valence-electron chi connectivity index (χ0n) is 16.0. The summed E-state index contributed by atoms with van der Waals surface area (Å²) in [5.74, 6) is -0.439. The number of fused-ring (bicyclic) bond motifs is 1. The van der Waals surface area contributed by atoms with Gasteiger partial charge in [0.2, 0.25) is 5.91 Å². The number of nitrogens with one attached hydrogen (secondary N) is 2. The van der Waals surface area contributed by atoms with Crippen molar-refractivity contribution in [3.63, 3.8) is 0 Å². The Bertz CT molecular complexity index is 1020. The van der Waals surface area contributed by atoms with Crippen LogP contribution in [-0.2, 0) is 9.53 Å². The lowest BCUT2D eigenvalue weighted by molar-refractivity contribution is -0.131. The molecule has 1 fully saturated rings. The lowest BCUT2D eigenvalue weighted by Gasteiger charge is -2.24. The third-order valence-corrected chi connectivity index (χ3v) is 5.18. The summed E-state index contributed by atoms with van der Waals surface area (Å²) in [6, 6.07) is -0.640. The van der Waals surface area contributed by atoms with Crippen molar-refractivity contribution < 1.29 is 13.9 Å². The highest BCUT2D eigenvalue weighted by Gasteiger charge is 2.23. The van der Waals surface area contributed by atoms with Crippen molar-refractivity contribution >= 4 is 29.4 Å². The minimum absolute atomic E-state index is 0.0213. The number of aromatic amines is 1. The van der Waals surface area contributed by atoms with Crippen molar-refractivity contribution in [3.05, 3.63) is 28.9 Å². The van der Waals surface area contributed by atoms with Gasteiger partial charge in [-0.15, -0.1) is 11.6 Å². The third kappa shape index (κ3) is 4.25. The Hall–Kier alpha value is -2.52. The van der Waals surface area contributed by atoms with E-state index in [1.165, 1.54) is 0 Å². The van der Waals surface area contributed by atoms with E-state index in [-0.39, 0.29) is 17.1 Å². The molecule has 0 radical (unpaired) electrons. The molecule has 154 valence electrons. The van der Waals surface area contributed by atoms with Crippen molar-refractivity contribution in [3.8, 4) is 11.4 Å². The molecule has 0 spiro atoms.